The highest BCUT2D eigenvalue weighted by Gasteiger charge is 2.15. The molecule has 7 heteroatoms. The second-order valence-corrected chi connectivity index (χ2v) is 7.35. The quantitative estimate of drug-likeness (QED) is 0.323. The summed E-state index contributed by atoms with van der Waals surface area (Å²) in [4.78, 5) is 16.9. The van der Waals surface area contributed by atoms with E-state index in [4.69, 9.17) is 16.6 Å². The van der Waals surface area contributed by atoms with Crippen molar-refractivity contribution in [2.45, 2.75) is 13.8 Å². The first-order chi connectivity index (χ1) is 14.4. The lowest BCUT2D eigenvalue weighted by Crippen LogP contribution is -2.34. The summed E-state index contributed by atoms with van der Waals surface area (Å²) < 4.78 is 5.74. The summed E-state index contributed by atoms with van der Waals surface area (Å²) in [6, 6.07) is 17.8. The number of phenols is 1. The number of hydrogen-bond donors (Lipinski definition) is 3. The van der Waals surface area contributed by atoms with Gasteiger partial charge in [0.25, 0.3) is 5.91 Å². The first-order valence-electron chi connectivity index (χ1n) is 9.29. The zero-order chi connectivity index (χ0) is 21.3. The zero-order valence-electron chi connectivity index (χ0n) is 16.4. The molecule has 0 aliphatic rings. The van der Waals surface area contributed by atoms with Crippen molar-refractivity contribution >= 4 is 40.0 Å². The van der Waals surface area contributed by atoms with Gasteiger partial charge < -0.3 is 14.8 Å². The Labute approximate surface area is 178 Å². The van der Waals surface area contributed by atoms with Crippen LogP contribution in [-0.4, -0.2) is 21.1 Å². The van der Waals surface area contributed by atoms with Gasteiger partial charge in [-0.25, -0.2) is 4.98 Å². The van der Waals surface area contributed by atoms with Crippen LogP contribution in [0, 0.1) is 13.8 Å². The minimum atomic E-state index is -0.289. The first-order valence-corrected chi connectivity index (χ1v) is 9.70. The van der Waals surface area contributed by atoms with Gasteiger partial charge in [0.15, 0.2) is 10.7 Å². The van der Waals surface area contributed by atoms with Crippen LogP contribution in [0.25, 0.3) is 22.6 Å². The lowest BCUT2D eigenvalue weighted by molar-refractivity contribution is 0.0977. The molecule has 0 aliphatic carbocycles. The first kappa shape index (κ1) is 19.6. The Kier molecular flexibility index (Phi) is 5.20. The van der Waals surface area contributed by atoms with Crippen LogP contribution < -0.4 is 10.6 Å². The Balaban J connectivity index is 1.52. The number of oxazole rings is 1. The molecule has 0 radical (unpaired) electrons. The number of fused-ring (bicyclic) bond motifs is 1. The Morgan fingerprint density at radius 3 is 2.63 bits per heavy atom. The van der Waals surface area contributed by atoms with Crippen LogP contribution >= 0.6 is 12.2 Å². The number of nitrogens with zero attached hydrogens (tertiary/aromatic N) is 1. The Morgan fingerprint density at radius 2 is 1.87 bits per heavy atom. The monoisotopic (exact) mass is 417 g/mol. The van der Waals surface area contributed by atoms with E-state index in [2.05, 4.69) is 15.6 Å². The predicted octanol–water partition coefficient (Wildman–Crippen LogP) is 4.94. The fourth-order valence-electron chi connectivity index (χ4n) is 3.17. The molecule has 3 aromatic carbocycles. The number of nitrogens with one attached hydrogen (secondary N) is 2. The number of aromatic nitrogens is 1. The van der Waals surface area contributed by atoms with Gasteiger partial charge in [-0.1, -0.05) is 29.8 Å². The Bertz CT molecular complexity index is 1250. The number of benzene rings is 3. The van der Waals surface area contributed by atoms with Gasteiger partial charge in [0.2, 0.25) is 5.89 Å². The number of aryl methyl sites for hydroxylation is 2. The molecule has 0 atom stereocenters. The molecular formula is C23H19N3O3S. The molecular weight excluding hydrogens is 398 g/mol. The Morgan fingerprint density at radius 1 is 1.07 bits per heavy atom. The fourth-order valence-corrected chi connectivity index (χ4v) is 3.38. The van der Waals surface area contributed by atoms with Crippen molar-refractivity contribution in [2.75, 3.05) is 5.32 Å². The van der Waals surface area contributed by atoms with Gasteiger partial charge in [-0.15, -0.1) is 0 Å². The predicted molar refractivity (Wildman–Crippen MR) is 121 cm³/mol. The van der Waals surface area contributed by atoms with Crippen molar-refractivity contribution in [1.29, 1.82) is 0 Å². The maximum absolute atomic E-state index is 12.5. The van der Waals surface area contributed by atoms with E-state index < -0.39 is 0 Å². The molecule has 0 saturated carbocycles. The van der Waals surface area contributed by atoms with E-state index in [1.807, 2.05) is 50.2 Å². The van der Waals surface area contributed by atoms with Gasteiger partial charge >= 0.3 is 0 Å². The van der Waals surface area contributed by atoms with E-state index >= 15 is 0 Å². The molecule has 3 N–H and O–H groups in total. The molecule has 4 aromatic rings. The van der Waals surface area contributed by atoms with Gasteiger partial charge in [-0.05, 0) is 68.0 Å². The van der Waals surface area contributed by atoms with Crippen molar-refractivity contribution < 1.29 is 14.3 Å². The van der Waals surface area contributed by atoms with Crippen LogP contribution in [0.2, 0.25) is 0 Å². The Hall–Kier alpha value is -3.71. The zero-order valence-corrected chi connectivity index (χ0v) is 17.2. The van der Waals surface area contributed by atoms with Gasteiger partial charge in [0, 0.05) is 11.3 Å². The fraction of sp³-hybridized carbons (Fsp3) is 0.0870. The van der Waals surface area contributed by atoms with Crippen molar-refractivity contribution in [1.82, 2.24) is 10.3 Å². The third kappa shape index (κ3) is 4.01. The van der Waals surface area contributed by atoms with Crippen LogP contribution in [0.3, 0.4) is 0 Å². The molecule has 0 unspecified atom stereocenters. The number of rotatable bonds is 3. The van der Waals surface area contributed by atoms with E-state index in [0.717, 1.165) is 11.1 Å². The van der Waals surface area contributed by atoms with Crippen molar-refractivity contribution in [3.8, 4) is 17.2 Å². The largest absolute Gasteiger partial charge is 0.507 e. The minimum Gasteiger partial charge on any atom is -0.507 e. The molecule has 1 amide bonds. The molecule has 0 bridgehead atoms. The second kappa shape index (κ2) is 7.96. The van der Waals surface area contributed by atoms with Crippen LogP contribution in [0.5, 0.6) is 5.75 Å². The lowest BCUT2D eigenvalue weighted by atomic mass is 10.1. The lowest BCUT2D eigenvalue weighted by Gasteiger charge is -2.12. The van der Waals surface area contributed by atoms with Crippen molar-refractivity contribution in [3.05, 3.63) is 77.4 Å². The maximum Gasteiger partial charge on any atom is 0.257 e. The van der Waals surface area contributed by atoms with Crippen molar-refractivity contribution in [2.24, 2.45) is 0 Å². The van der Waals surface area contributed by atoms with Crippen LogP contribution in [0.1, 0.15) is 21.5 Å². The summed E-state index contributed by atoms with van der Waals surface area (Å²) in [6.07, 6.45) is 0. The molecule has 1 aromatic heterocycles. The average molecular weight is 417 g/mol. The molecule has 1 heterocycles. The molecule has 0 fully saturated rings. The number of para-hydroxylation sites is 2. The highest BCUT2D eigenvalue weighted by atomic mass is 32.1. The summed E-state index contributed by atoms with van der Waals surface area (Å²) in [5.41, 5.74) is 4.83. The van der Waals surface area contributed by atoms with Gasteiger partial charge in [-0.2, -0.15) is 0 Å². The highest BCUT2D eigenvalue weighted by molar-refractivity contribution is 7.80. The summed E-state index contributed by atoms with van der Waals surface area (Å²) >= 11 is 5.28. The van der Waals surface area contributed by atoms with E-state index in [1.165, 1.54) is 6.07 Å². The second-order valence-electron chi connectivity index (χ2n) is 6.95. The average Bonchev–Trinajstić information content (AvgIpc) is 3.13. The number of thiocarbonyl (C=S) groups is 1. The molecule has 4 rings (SSSR count). The molecule has 30 heavy (non-hydrogen) atoms. The molecule has 150 valence electrons. The number of hydrogen-bond acceptors (Lipinski definition) is 5. The third-order valence-corrected chi connectivity index (χ3v) is 4.84. The standard InChI is InChI=1S/C23H19N3O3S/c1-13-7-9-16(14(2)11-13)21(28)26-23(30)24-15-8-10-19(27)17(12-15)22-25-18-5-3-4-6-20(18)29-22/h3-12,27H,1-2H3,(H2,24,26,28,30). The number of carbonyl (C=O) groups is 1. The maximum atomic E-state index is 12.5. The van der Waals surface area contributed by atoms with Gasteiger partial charge in [0.1, 0.15) is 11.3 Å². The van der Waals surface area contributed by atoms with Gasteiger partial charge in [-0.3, -0.25) is 10.1 Å². The third-order valence-electron chi connectivity index (χ3n) is 4.63. The molecule has 0 spiro atoms. The minimum absolute atomic E-state index is 0.0253. The molecule has 6 nitrogen and oxygen atoms in total. The molecule has 0 saturated heterocycles. The topological polar surface area (TPSA) is 87.4 Å². The number of phenolic OH excluding ortho intramolecular Hbond substituents is 1. The SMILES string of the molecule is Cc1ccc(C(=O)NC(=S)Nc2ccc(O)c(-c3nc4ccccc4o3)c2)c(C)c1. The van der Waals surface area contributed by atoms with Gasteiger partial charge in [0.05, 0.1) is 5.56 Å². The highest BCUT2D eigenvalue weighted by Crippen LogP contribution is 2.33. The summed E-state index contributed by atoms with van der Waals surface area (Å²) in [5.74, 6) is 0.0304. The normalized spacial score (nSPS) is 10.7. The summed E-state index contributed by atoms with van der Waals surface area (Å²) in [7, 11) is 0. The molecule has 0 aliphatic heterocycles. The van der Waals surface area contributed by atoms with Crippen LogP contribution in [0.4, 0.5) is 5.69 Å². The number of amides is 1. The van der Waals surface area contributed by atoms with Crippen LogP contribution in [-0.2, 0) is 0 Å². The van der Waals surface area contributed by atoms with E-state index in [0.29, 0.717) is 33.8 Å². The van der Waals surface area contributed by atoms with Crippen LogP contribution in [0.15, 0.2) is 65.1 Å². The number of anilines is 1. The number of aromatic hydroxyl groups is 1. The van der Waals surface area contributed by atoms with E-state index in [9.17, 15) is 9.90 Å². The van der Waals surface area contributed by atoms with E-state index in [1.54, 1.807) is 18.2 Å². The van der Waals surface area contributed by atoms with Crippen molar-refractivity contribution in [3.63, 3.8) is 0 Å². The smallest absolute Gasteiger partial charge is 0.257 e. The number of carbonyl (C=O) groups excluding carboxylic acids is 1. The summed E-state index contributed by atoms with van der Waals surface area (Å²) in [6.45, 7) is 3.85. The van der Waals surface area contributed by atoms with E-state index in [-0.39, 0.29) is 16.8 Å². The summed E-state index contributed by atoms with van der Waals surface area (Å²) in [5, 5.41) is 16.1.